The normalized spacial score (nSPS) is 13.2. The molecule has 5 heteroatoms. The number of carbonyl (C=O) groups is 1. The van der Waals surface area contributed by atoms with Crippen molar-refractivity contribution in [3.63, 3.8) is 0 Å². The predicted octanol–water partition coefficient (Wildman–Crippen LogP) is 4.47. The number of aromatic nitrogens is 2. The van der Waals surface area contributed by atoms with Gasteiger partial charge in [0.25, 0.3) is 0 Å². The van der Waals surface area contributed by atoms with E-state index >= 15 is 0 Å². The molecular weight excluding hydrogens is 346 g/mol. The van der Waals surface area contributed by atoms with Crippen LogP contribution in [0.15, 0.2) is 67.0 Å². The first-order chi connectivity index (χ1) is 12.5. The van der Waals surface area contributed by atoms with Gasteiger partial charge in [0, 0.05) is 30.9 Å². The van der Waals surface area contributed by atoms with E-state index in [1.54, 1.807) is 6.20 Å². The summed E-state index contributed by atoms with van der Waals surface area (Å²) in [5, 5.41) is 3.79. The van der Waals surface area contributed by atoms with Crippen LogP contribution in [-0.2, 0) is 11.8 Å². The van der Waals surface area contributed by atoms with Gasteiger partial charge in [-0.2, -0.15) is 0 Å². The van der Waals surface area contributed by atoms with Crippen LogP contribution in [0.4, 0.5) is 0 Å². The molecule has 0 fully saturated rings. The number of imidazole rings is 1. The highest BCUT2D eigenvalue weighted by atomic mass is 35.5. The van der Waals surface area contributed by atoms with Gasteiger partial charge in [-0.3, -0.25) is 4.79 Å². The minimum atomic E-state index is -0.317. The summed E-state index contributed by atoms with van der Waals surface area (Å²) in [5.41, 5.74) is 2.10. The van der Waals surface area contributed by atoms with Crippen molar-refractivity contribution in [2.75, 3.05) is 0 Å². The fourth-order valence-corrected chi connectivity index (χ4v) is 3.13. The van der Waals surface area contributed by atoms with Gasteiger partial charge in [0.15, 0.2) is 0 Å². The summed E-state index contributed by atoms with van der Waals surface area (Å²) in [5.74, 6) is 0.917. The Morgan fingerprint density at radius 3 is 2.42 bits per heavy atom. The Hall–Kier alpha value is -2.59. The van der Waals surface area contributed by atoms with E-state index in [1.165, 1.54) is 0 Å². The Morgan fingerprint density at radius 1 is 1.12 bits per heavy atom. The summed E-state index contributed by atoms with van der Waals surface area (Å²) in [4.78, 5) is 17.1. The number of benzene rings is 2. The van der Waals surface area contributed by atoms with Crippen LogP contribution in [0.2, 0.25) is 5.02 Å². The summed E-state index contributed by atoms with van der Waals surface area (Å²) in [6.45, 7) is 2.06. The third-order valence-corrected chi connectivity index (χ3v) is 4.74. The fourth-order valence-electron chi connectivity index (χ4n) is 3.00. The van der Waals surface area contributed by atoms with Gasteiger partial charge in [-0.25, -0.2) is 4.98 Å². The van der Waals surface area contributed by atoms with Crippen molar-refractivity contribution in [3.8, 4) is 0 Å². The maximum atomic E-state index is 12.7. The second-order valence-corrected chi connectivity index (χ2v) is 6.90. The summed E-state index contributed by atoms with van der Waals surface area (Å²) in [7, 11) is 1.92. The highest BCUT2D eigenvalue weighted by Crippen LogP contribution is 2.24. The quantitative estimate of drug-likeness (QED) is 0.698. The largest absolute Gasteiger partial charge is 0.342 e. The molecule has 26 heavy (non-hydrogen) atoms. The van der Waals surface area contributed by atoms with Crippen molar-refractivity contribution in [1.82, 2.24) is 14.9 Å². The molecule has 3 aromatic rings. The smallest absolute Gasteiger partial charge is 0.221 e. The number of halogens is 1. The van der Waals surface area contributed by atoms with E-state index in [1.807, 2.05) is 72.4 Å². The van der Waals surface area contributed by atoms with E-state index in [4.69, 9.17) is 11.6 Å². The zero-order chi connectivity index (χ0) is 18.5. The Bertz CT molecular complexity index is 858. The number of hydrogen-bond acceptors (Lipinski definition) is 2. The van der Waals surface area contributed by atoms with Crippen molar-refractivity contribution in [3.05, 3.63) is 89.0 Å². The molecule has 0 aliphatic heterocycles. The average molecular weight is 368 g/mol. The predicted molar refractivity (Wildman–Crippen MR) is 104 cm³/mol. The van der Waals surface area contributed by atoms with Crippen molar-refractivity contribution in [2.24, 2.45) is 7.05 Å². The number of nitrogens with one attached hydrogen (secondary N) is 1. The van der Waals surface area contributed by atoms with Gasteiger partial charge < -0.3 is 9.88 Å². The highest BCUT2D eigenvalue weighted by Gasteiger charge is 2.22. The number of aryl methyl sites for hydroxylation is 1. The second-order valence-electron chi connectivity index (χ2n) is 6.46. The maximum absolute atomic E-state index is 12.7. The van der Waals surface area contributed by atoms with Crippen molar-refractivity contribution < 1.29 is 4.79 Å². The molecule has 1 aromatic heterocycles. The van der Waals surface area contributed by atoms with Crippen LogP contribution in [0, 0.1) is 0 Å². The first-order valence-electron chi connectivity index (χ1n) is 8.61. The zero-order valence-corrected chi connectivity index (χ0v) is 15.6. The maximum Gasteiger partial charge on any atom is 0.221 e. The molecule has 1 amide bonds. The third-order valence-electron chi connectivity index (χ3n) is 4.49. The van der Waals surface area contributed by atoms with Gasteiger partial charge in [0.1, 0.15) is 11.9 Å². The van der Waals surface area contributed by atoms with Crippen LogP contribution in [-0.4, -0.2) is 15.5 Å². The highest BCUT2D eigenvalue weighted by molar-refractivity contribution is 6.30. The van der Waals surface area contributed by atoms with E-state index in [9.17, 15) is 4.79 Å². The molecule has 0 bridgehead atoms. The molecule has 3 rings (SSSR count). The van der Waals surface area contributed by atoms with Gasteiger partial charge in [-0.15, -0.1) is 0 Å². The molecule has 1 heterocycles. The van der Waals surface area contributed by atoms with Crippen molar-refractivity contribution in [1.29, 1.82) is 0 Å². The van der Waals surface area contributed by atoms with Crippen LogP contribution in [0.1, 0.15) is 42.3 Å². The first-order valence-corrected chi connectivity index (χ1v) is 8.99. The van der Waals surface area contributed by atoms with Gasteiger partial charge in [-0.05, 0) is 29.2 Å². The van der Waals surface area contributed by atoms with Gasteiger partial charge in [0.2, 0.25) is 5.91 Å². The van der Waals surface area contributed by atoms with Crippen LogP contribution < -0.4 is 5.32 Å². The topological polar surface area (TPSA) is 46.9 Å². The molecule has 134 valence electrons. The lowest BCUT2D eigenvalue weighted by Crippen LogP contribution is -2.31. The molecule has 0 radical (unpaired) electrons. The Balaban J connectivity index is 1.78. The van der Waals surface area contributed by atoms with Crippen molar-refractivity contribution >= 4 is 17.5 Å². The van der Waals surface area contributed by atoms with Crippen molar-refractivity contribution in [2.45, 2.75) is 25.3 Å². The number of amides is 1. The minimum Gasteiger partial charge on any atom is -0.342 e. The number of rotatable bonds is 6. The molecular formula is C21H22ClN3O. The molecule has 2 aromatic carbocycles. The minimum absolute atomic E-state index is 0.00990. The lowest BCUT2D eigenvalue weighted by atomic mass is 9.97. The molecule has 2 atom stereocenters. The second kappa shape index (κ2) is 8.19. The van der Waals surface area contributed by atoms with Crippen LogP contribution in [0.3, 0.4) is 0 Å². The zero-order valence-electron chi connectivity index (χ0n) is 14.9. The Kier molecular flexibility index (Phi) is 5.74. The van der Waals surface area contributed by atoms with E-state index in [0.717, 1.165) is 17.0 Å². The summed E-state index contributed by atoms with van der Waals surface area (Å²) in [6.07, 6.45) is 4.02. The molecule has 0 unspecified atom stereocenters. The lowest BCUT2D eigenvalue weighted by molar-refractivity contribution is -0.122. The summed E-state index contributed by atoms with van der Waals surface area (Å²) in [6, 6.07) is 17.2. The van der Waals surface area contributed by atoms with E-state index in [0.29, 0.717) is 11.4 Å². The first kappa shape index (κ1) is 18.2. The molecule has 4 nitrogen and oxygen atoms in total. The summed E-state index contributed by atoms with van der Waals surface area (Å²) < 4.78 is 1.92. The van der Waals surface area contributed by atoms with E-state index in [2.05, 4.69) is 17.2 Å². The Morgan fingerprint density at radius 2 is 1.81 bits per heavy atom. The molecule has 0 aliphatic carbocycles. The van der Waals surface area contributed by atoms with Gasteiger partial charge in [0.05, 0.1) is 0 Å². The molecule has 1 N–H and O–H groups in total. The monoisotopic (exact) mass is 367 g/mol. The average Bonchev–Trinajstić information content (AvgIpc) is 3.07. The van der Waals surface area contributed by atoms with Crippen LogP contribution in [0.5, 0.6) is 0 Å². The SMILES string of the molecule is C[C@H](CC(=O)N[C@H](c1ccc(Cl)cc1)c1nccn1C)c1ccccc1. The van der Waals surface area contributed by atoms with E-state index in [-0.39, 0.29) is 17.9 Å². The molecule has 0 saturated carbocycles. The third kappa shape index (κ3) is 4.33. The fraction of sp³-hybridized carbons (Fsp3) is 0.238. The van der Waals surface area contributed by atoms with E-state index < -0.39 is 0 Å². The molecule has 0 aliphatic rings. The summed E-state index contributed by atoms with van der Waals surface area (Å²) >= 11 is 6.01. The number of nitrogens with zero attached hydrogens (tertiary/aromatic N) is 2. The number of carbonyl (C=O) groups excluding carboxylic acids is 1. The molecule has 0 saturated heterocycles. The molecule has 0 spiro atoms. The number of hydrogen-bond donors (Lipinski definition) is 1. The Labute approximate surface area is 158 Å². The lowest BCUT2D eigenvalue weighted by Gasteiger charge is -2.20. The van der Waals surface area contributed by atoms with Crippen LogP contribution in [0.25, 0.3) is 0 Å². The van der Waals surface area contributed by atoms with Crippen LogP contribution >= 0.6 is 11.6 Å². The standard InChI is InChI=1S/C21H22ClN3O/c1-15(16-6-4-3-5-7-16)14-19(26)24-20(21-23-12-13-25(21)2)17-8-10-18(22)11-9-17/h3-13,15,20H,14H2,1-2H3,(H,24,26)/t15-,20-/m1/s1. The van der Waals surface area contributed by atoms with Gasteiger partial charge in [-0.1, -0.05) is 61.0 Å². The van der Waals surface area contributed by atoms with Gasteiger partial charge >= 0.3 is 0 Å².